The van der Waals surface area contributed by atoms with Crippen LogP contribution in [0.2, 0.25) is 0 Å². The molecule has 0 saturated carbocycles. The molecule has 0 aliphatic rings. The maximum Gasteiger partial charge on any atom is 0.376 e. The molecule has 2 aromatic rings. The summed E-state index contributed by atoms with van der Waals surface area (Å²) < 4.78 is 0.731. The highest BCUT2D eigenvalue weighted by Crippen LogP contribution is 1.98. The lowest BCUT2D eigenvalue weighted by Crippen LogP contribution is -2.28. The third-order valence-electron chi connectivity index (χ3n) is 1.71. The Balaban J connectivity index is 2.18. The van der Waals surface area contributed by atoms with Crippen LogP contribution in [0.25, 0.3) is 0 Å². The Morgan fingerprint density at radius 1 is 1.33 bits per heavy atom. The van der Waals surface area contributed by atoms with Gasteiger partial charge in [-0.25, -0.2) is 14.7 Å². The normalized spacial score (nSPS) is 9.87. The van der Waals surface area contributed by atoms with E-state index in [2.05, 4.69) is 10.2 Å². The van der Waals surface area contributed by atoms with Crippen molar-refractivity contribution < 1.29 is 9.63 Å². The summed E-state index contributed by atoms with van der Waals surface area (Å²) in [7, 11) is 0. The summed E-state index contributed by atoms with van der Waals surface area (Å²) in [5.74, 6) is -0.612. The van der Waals surface area contributed by atoms with E-state index in [9.17, 15) is 9.59 Å². The van der Waals surface area contributed by atoms with Crippen LogP contribution < -0.4 is 10.5 Å². The fourth-order valence-corrected chi connectivity index (χ4v) is 1.02. The van der Waals surface area contributed by atoms with Gasteiger partial charge in [0.1, 0.15) is 0 Å². The van der Waals surface area contributed by atoms with Crippen molar-refractivity contribution in [1.29, 1.82) is 0 Å². The van der Waals surface area contributed by atoms with Gasteiger partial charge in [-0.05, 0) is 12.1 Å². The van der Waals surface area contributed by atoms with Crippen molar-refractivity contribution in [2.24, 2.45) is 0 Å². The van der Waals surface area contributed by atoms with Crippen molar-refractivity contribution in [1.82, 2.24) is 14.9 Å². The molecule has 0 spiro atoms. The molecule has 1 aromatic heterocycles. The molecule has 0 saturated heterocycles. The third-order valence-corrected chi connectivity index (χ3v) is 1.71. The van der Waals surface area contributed by atoms with Crippen LogP contribution in [-0.2, 0) is 0 Å². The van der Waals surface area contributed by atoms with Crippen LogP contribution in [0.1, 0.15) is 10.4 Å². The number of benzene rings is 1. The minimum absolute atomic E-state index is 0.366. The lowest BCUT2D eigenvalue weighted by atomic mass is 10.2. The second-order valence-electron chi connectivity index (χ2n) is 2.73. The molecule has 0 bridgehead atoms. The predicted octanol–water partition coefficient (Wildman–Crippen LogP) is -0.160. The first kappa shape index (κ1) is 9.20. The molecule has 1 N–H and O–H groups in total. The zero-order valence-corrected chi connectivity index (χ0v) is 7.58. The summed E-state index contributed by atoms with van der Waals surface area (Å²) in [5, 5.41) is 5.52. The lowest BCUT2D eigenvalue weighted by molar-refractivity contribution is 0.0443. The van der Waals surface area contributed by atoms with E-state index in [1.54, 1.807) is 30.3 Å². The van der Waals surface area contributed by atoms with Crippen LogP contribution in [0, 0.1) is 0 Å². The van der Waals surface area contributed by atoms with Crippen LogP contribution in [0.15, 0.2) is 41.5 Å². The van der Waals surface area contributed by atoms with Crippen molar-refractivity contribution in [3.63, 3.8) is 0 Å². The molecule has 15 heavy (non-hydrogen) atoms. The molecule has 1 aromatic carbocycles. The topological polar surface area (TPSA) is 77.0 Å². The van der Waals surface area contributed by atoms with Gasteiger partial charge in [-0.2, -0.15) is 5.10 Å². The number of aromatic amines is 1. The Morgan fingerprint density at radius 3 is 2.67 bits per heavy atom. The average molecular weight is 205 g/mol. The van der Waals surface area contributed by atoms with Gasteiger partial charge < -0.3 is 4.84 Å². The highest BCUT2D eigenvalue weighted by Gasteiger charge is 2.08. The smallest absolute Gasteiger partial charge is 0.325 e. The molecule has 1 heterocycles. The molecular formula is C9H7N3O3. The minimum atomic E-state index is -0.612. The zero-order valence-electron chi connectivity index (χ0n) is 7.58. The number of carbonyl (C=O) groups is 1. The first-order chi connectivity index (χ1) is 7.27. The summed E-state index contributed by atoms with van der Waals surface area (Å²) in [6.07, 6.45) is 1.09. The van der Waals surface area contributed by atoms with Crippen LogP contribution in [0.3, 0.4) is 0 Å². The Kier molecular flexibility index (Phi) is 2.32. The van der Waals surface area contributed by atoms with E-state index in [4.69, 9.17) is 4.84 Å². The zero-order chi connectivity index (χ0) is 10.7. The molecule has 0 aliphatic heterocycles. The van der Waals surface area contributed by atoms with E-state index < -0.39 is 11.7 Å². The molecule has 0 unspecified atom stereocenters. The number of carbonyl (C=O) groups excluding carboxylic acids is 1. The molecule has 2 rings (SSSR count). The van der Waals surface area contributed by atoms with Gasteiger partial charge in [0.05, 0.1) is 5.56 Å². The number of H-pyrrole nitrogens is 1. The Labute approximate surface area is 84.1 Å². The van der Waals surface area contributed by atoms with E-state index in [0.717, 1.165) is 11.1 Å². The van der Waals surface area contributed by atoms with Gasteiger partial charge in [-0.3, -0.25) is 0 Å². The fraction of sp³-hybridized carbons (Fsp3) is 0. The van der Waals surface area contributed by atoms with Crippen molar-refractivity contribution in [3.05, 3.63) is 52.7 Å². The largest absolute Gasteiger partial charge is 0.376 e. The molecule has 0 radical (unpaired) electrons. The van der Waals surface area contributed by atoms with Crippen LogP contribution in [0.5, 0.6) is 0 Å². The predicted molar refractivity (Wildman–Crippen MR) is 50.2 cm³/mol. The van der Waals surface area contributed by atoms with Crippen molar-refractivity contribution >= 4 is 5.97 Å². The first-order valence-electron chi connectivity index (χ1n) is 4.17. The molecule has 6 nitrogen and oxygen atoms in total. The van der Waals surface area contributed by atoms with E-state index >= 15 is 0 Å². The molecule has 0 amide bonds. The summed E-state index contributed by atoms with van der Waals surface area (Å²) in [5.41, 5.74) is -0.232. The number of rotatable bonds is 2. The van der Waals surface area contributed by atoms with E-state index in [-0.39, 0.29) is 0 Å². The molecule has 6 heteroatoms. The summed E-state index contributed by atoms with van der Waals surface area (Å²) in [6, 6.07) is 8.37. The monoisotopic (exact) mass is 205 g/mol. The van der Waals surface area contributed by atoms with Crippen molar-refractivity contribution in [2.45, 2.75) is 0 Å². The second kappa shape index (κ2) is 3.79. The molecule has 0 atom stereocenters. The van der Waals surface area contributed by atoms with Gasteiger partial charge in [0, 0.05) is 0 Å². The van der Waals surface area contributed by atoms with Crippen LogP contribution >= 0.6 is 0 Å². The summed E-state index contributed by atoms with van der Waals surface area (Å²) >= 11 is 0. The van der Waals surface area contributed by atoms with Gasteiger partial charge in [-0.15, -0.1) is 4.73 Å². The molecule has 0 aliphatic carbocycles. The second-order valence-corrected chi connectivity index (χ2v) is 2.73. The van der Waals surface area contributed by atoms with E-state index in [1.165, 1.54) is 0 Å². The van der Waals surface area contributed by atoms with Crippen LogP contribution in [0.4, 0.5) is 0 Å². The first-order valence-corrected chi connectivity index (χ1v) is 4.17. The van der Waals surface area contributed by atoms with Gasteiger partial charge in [-0.1, -0.05) is 18.2 Å². The molecule has 0 fully saturated rings. The Hall–Kier alpha value is -2.37. The number of nitrogens with zero attached hydrogens (tertiary/aromatic N) is 2. The Morgan fingerprint density at radius 2 is 2.07 bits per heavy atom. The maximum absolute atomic E-state index is 11.4. The quantitative estimate of drug-likeness (QED) is 0.739. The number of hydrogen-bond acceptors (Lipinski definition) is 4. The lowest BCUT2D eigenvalue weighted by Gasteiger charge is -2.00. The maximum atomic E-state index is 11.4. The van der Waals surface area contributed by atoms with E-state index in [0.29, 0.717) is 5.56 Å². The van der Waals surface area contributed by atoms with Gasteiger partial charge in [0.25, 0.3) is 0 Å². The van der Waals surface area contributed by atoms with Gasteiger partial charge in [0.2, 0.25) is 0 Å². The van der Waals surface area contributed by atoms with Gasteiger partial charge in [0.15, 0.2) is 6.33 Å². The molecular weight excluding hydrogens is 198 g/mol. The van der Waals surface area contributed by atoms with Crippen LogP contribution in [-0.4, -0.2) is 20.9 Å². The number of hydrogen-bond donors (Lipinski definition) is 1. The number of aromatic nitrogens is 3. The summed E-state index contributed by atoms with van der Waals surface area (Å²) in [4.78, 5) is 27.1. The summed E-state index contributed by atoms with van der Waals surface area (Å²) in [6.45, 7) is 0. The molecule has 76 valence electrons. The fourth-order valence-electron chi connectivity index (χ4n) is 1.02. The Bertz CT molecular complexity index is 515. The average Bonchev–Trinajstić information content (AvgIpc) is 2.66. The highest BCUT2D eigenvalue weighted by molar-refractivity contribution is 5.89. The van der Waals surface area contributed by atoms with Gasteiger partial charge >= 0.3 is 11.7 Å². The van der Waals surface area contributed by atoms with Crippen molar-refractivity contribution in [2.75, 3.05) is 0 Å². The SMILES string of the molecule is O=C(On1cn[nH]c1=O)c1ccccc1. The minimum Gasteiger partial charge on any atom is -0.325 e. The number of nitrogens with one attached hydrogen (secondary N) is 1. The third kappa shape index (κ3) is 1.93. The standard InChI is InChI=1S/C9H7N3O3/c13-8(7-4-2-1-3-5-7)15-12-6-10-11-9(12)14/h1-6H,(H,11,14). The highest BCUT2D eigenvalue weighted by atomic mass is 16.7. The van der Waals surface area contributed by atoms with E-state index in [1.807, 2.05) is 0 Å². The van der Waals surface area contributed by atoms with Crippen molar-refractivity contribution in [3.8, 4) is 0 Å².